The summed E-state index contributed by atoms with van der Waals surface area (Å²) in [5.41, 5.74) is 1.11. The molecule has 0 aliphatic carbocycles. The highest BCUT2D eigenvalue weighted by Gasteiger charge is 2.12. The SMILES string of the molecule is c1n[nH]cc1NCC1CCCSC1. The second-order valence-electron chi connectivity index (χ2n) is 3.45. The van der Waals surface area contributed by atoms with Crippen molar-refractivity contribution in [3.8, 4) is 0 Å². The third-order valence-corrected chi connectivity index (χ3v) is 3.63. The molecule has 72 valence electrons. The first-order valence-electron chi connectivity index (χ1n) is 4.75. The van der Waals surface area contributed by atoms with Gasteiger partial charge in [-0.3, -0.25) is 5.10 Å². The average molecular weight is 197 g/mol. The van der Waals surface area contributed by atoms with Gasteiger partial charge in [0, 0.05) is 12.7 Å². The van der Waals surface area contributed by atoms with Crippen LogP contribution >= 0.6 is 11.8 Å². The minimum Gasteiger partial charge on any atom is -0.382 e. The van der Waals surface area contributed by atoms with Crippen molar-refractivity contribution in [3.05, 3.63) is 12.4 Å². The molecule has 0 bridgehead atoms. The van der Waals surface area contributed by atoms with E-state index in [1.807, 2.05) is 12.4 Å². The lowest BCUT2D eigenvalue weighted by molar-refractivity contribution is 0.549. The minimum atomic E-state index is 0.841. The van der Waals surface area contributed by atoms with E-state index in [0.717, 1.165) is 18.2 Å². The van der Waals surface area contributed by atoms with Gasteiger partial charge in [0.2, 0.25) is 0 Å². The predicted octanol–water partition coefficient (Wildman–Crippen LogP) is 1.96. The van der Waals surface area contributed by atoms with Gasteiger partial charge < -0.3 is 5.32 Å². The van der Waals surface area contributed by atoms with Crippen LogP contribution in [0.15, 0.2) is 12.4 Å². The molecule has 1 saturated heterocycles. The number of aromatic amines is 1. The summed E-state index contributed by atoms with van der Waals surface area (Å²) in [6.07, 6.45) is 6.48. The zero-order valence-electron chi connectivity index (χ0n) is 7.62. The Morgan fingerprint density at radius 3 is 3.38 bits per heavy atom. The van der Waals surface area contributed by atoms with E-state index >= 15 is 0 Å². The largest absolute Gasteiger partial charge is 0.382 e. The molecule has 4 heteroatoms. The Labute approximate surface area is 82.7 Å². The summed E-state index contributed by atoms with van der Waals surface area (Å²) >= 11 is 2.08. The van der Waals surface area contributed by atoms with Crippen LogP contribution in [0.1, 0.15) is 12.8 Å². The van der Waals surface area contributed by atoms with Crippen molar-refractivity contribution in [2.75, 3.05) is 23.4 Å². The molecule has 1 atom stereocenters. The maximum atomic E-state index is 3.89. The molecule has 1 aromatic heterocycles. The van der Waals surface area contributed by atoms with Crippen LogP contribution in [0.5, 0.6) is 0 Å². The Morgan fingerprint density at radius 2 is 2.69 bits per heavy atom. The van der Waals surface area contributed by atoms with Crippen LogP contribution in [0.3, 0.4) is 0 Å². The van der Waals surface area contributed by atoms with E-state index in [2.05, 4.69) is 27.3 Å². The van der Waals surface area contributed by atoms with Crippen molar-refractivity contribution in [1.29, 1.82) is 0 Å². The Hall–Kier alpha value is -0.640. The third kappa shape index (κ3) is 2.66. The Balaban J connectivity index is 1.72. The van der Waals surface area contributed by atoms with Gasteiger partial charge in [0.1, 0.15) is 0 Å². The molecule has 0 amide bonds. The summed E-state index contributed by atoms with van der Waals surface area (Å²) in [5, 5.41) is 10.1. The van der Waals surface area contributed by atoms with Gasteiger partial charge in [-0.2, -0.15) is 16.9 Å². The van der Waals surface area contributed by atoms with E-state index in [-0.39, 0.29) is 0 Å². The number of nitrogens with zero attached hydrogens (tertiary/aromatic N) is 1. The molecule has 2 heterocycles. The quantitative estimate of drug-likeness (QED) is 0.778. The van der Waals surface area contributed by atoms with E-state index in [9.17, 15) is 0 Å². The van der Waals surface area contributed by atoms with Gasteiger partial charge in [-0.05, 0) is 30.3 Å². The Kier molecular flexibility index (Phi) is 3.13. The van der Waals surface area contributed by atoms with Gasteiger partial charge in [-0.15, -0.1) is 0 Å². The number of aromatic nitrogens is 2. The van der Waals surface area contributed by atoms with Crippen molar-refractivity contribution in [3.63, 3.8) is 0 Å². The fourth-order valence-corrected chi connectivity index (χ4v) is 2.73. The molecule has 2 N–H and O–H groups in total. The van der Waals surface area contributed by atoms with Crippen molar-refractivity contribution in [1.82, 2.24) is 10.2 Å². The highest BCUT2D eigenvalue weighted by Crippen LogP contribution is 2.22. The fourth-order valence-electron chi connectivity index (χ4n) is 1.58. The average Bonchev–Trinajstić information content (AvgIpc) is 2.69. The first-order valence-corrected chi connectivity index (χ1v) is 5.91. The lowest BCUT2D eigenvalue weighted by atomic mass is 10.1. The molecular weight excluding hydrogens is 182 g/mol. The Bertz CT molecular complexity index is 229. The van der Waals surface area contributed by atoms with Crippen LogP contribution in [-0.4, -0.2) is 28.2 Å². The fraction of sp³-hybridized carbons (Fsp3) is 0.667. The number of nitrogens with one attached hydrogen (secondary N) is 2. The summed E-state index contributed by atoms with van der Waals surface area (Å²) in [5.74, 6) is 3.50. The standard InChI is InChI=1S/C9H15N3S/c1-2-8(7-13-3-1)4-10-9-5-11-12-6-9/h5-6,8,10H,1-4,7H2,(H,11,12). The number of hydrogen-bond donors (Lipinski definition) is 2. The first kappa shape index (κ1) is 8.94. The number of thioether (sulfide) groups is 1. The molecule has 0 radical (unpaired) electrons. The summed E-state index contributed by atoms with van der Waals surface area (Å²) in [7, 11) is 0. The topological polar surface area (TPSA) is 40.7 Å². The Morgan fingerprint density at radius 1 is 1.69 bits per heavy atom. The lowest BCUT2D eigenvalue weighted by Crippen LogP contribution is -2.19. The molecule has 0 aromatic carbocycles. The molecule has 1 aliphatic rings. The summed E-state index contributed by atoms with van der Waals surface area (Å²) in [6.45, 7) is 1.09. The molecule has 13 heavy (non-hydrogen) atoms. The molecule has 2 rings (SSSR count). The summed E-state index contributed by atoms with van der Waals surface area (Å²) in [4.78, 5) is 0. The predicted molar refractivity (Wildman–Crippen MR) is 57.1 cm³/mol. The second kappa shape index (κ2) is 4.56. The summed E-state index contributed by atoms with van der Waals surface area (Å²) < 4.78 is 0. The highest BCUT2D eigenvalue weighted by molar-refractivity contribution is 7.99. The van der Waals surface area contributed by atoms with Crippen LogP contribution < -0.4 is 5.32 Å². The minimum absolute atomic E-state index is 0.841. The first-order chi connectivity index (χ1) is 6.45. The smallest absolute Gasteiger partial charge is 0.0723 e. The number of anilines is 1. The van der Waals surface area contributed by atoms with Gasteiger partial charge >= 0.3 is 0 Å². The van der Waals surface area contributed by atoms with Crippen LogP contribution in [0, 0.1) is 5.92 Å². The monoisotopic (exact) mass is 197 g/mol. The highest BCUT2D eigenvalue weighted by atomic mass is 32.2. The van der Waals surface area contributed by atoms with E-state index in [0.29, 0.717) is 0 Å². The molecule has 1 aromatic rings. The molecule has 1 fully saturated rings. The zero-order chi connectivity index (χ0) is 8.93. The van der Waals surface area contributed by atoms with Crippen molar-refractivity contribution in [2.45, 2.75) is 12.8 Å². The third-order valence-electron chi connectivity index (χ3n) is 2.35. The molecular formula is C9H15N3S. The van der Waals surface area contributed by atoms with Crippen molar-refractivity contribution >= 4 is 17.4 Å². The van der Waals surface area contributed by atoms with Gasteiger partial charge in [-0.25, -0.2) is 0 Å². The van der Waals surface area contributed by atoms with Crippen LogP contribution in [0.25, 0.3) is 0 Å². The molecule has 3 nitrogen and oxygen atoms in total. The van der Waals surface area contributed by atoms with Crippen LogP contribution in [0.4, 0.5) is 5.69 Å². The van der Waals surface area contributed by atoms with Crippen LogP contribution in [0.2, 0.25) is 0 Å². The van der Waals surface area contributed by atoms with Gasteiger partial charge in [0.15, 0.2) is 0 Å². The number of rotatable bonds is 3. The molecule has 1 aliphatic heterocycles. The second-order valence-corrected chi connectivity index (χ2v) is 4.60. The molecule has 0 saturated carbocycles. The number of H-pyrrole nitrogens is 1. The van der Waals surface area contributed by atoms with E-state index < -0.39 is 0 Å². The number of hydrogen-bond acceptors (Lipinski definition) is 3. The van der Waals surface area contributed by atoms with Crippen molar-refractivity contribution < 1.29 is 0 Å². The van der Waals surface area contributed by atoms with E-state index in [1.54, 1.807) is 0 Å². The zero-order valence-corrected chi connectivity index (χ0v) is 8.44. The van der Waals surface area contributed by atoms with E-state index in [4.69, 9.17) is 0 Å². The maximum Gasteiger partial charge on any atom is 0.0723 e. The molecule has 1 unspecified atom stereocenters. The molecule has 0 spiro atoms. The van der Waals surface area contributed by atoms with Gasteiger partial charge in [0.25, 0.3) is 0 Å². The lowest BCUT2D eigenvalue weighted by Gasteiger charge is -2.21. The van der Waals surface area contributed by atoms with E-state index in [1.165, 1.54) is 24.3 Å². The normalized spacial score (nSPS) is 22.9. The van der Waals surface area contributed by atoms with Gasteiger partial charge in [-0.1, -0.05) is 0 Å². The van der Waals surface area contributed by atoms with Crippen molar-refractivity contribution in [2.24, 2.45) is 5.92 Å². The summed E-state index contributed by atoms with van der Waals surface area (Å²) in [6, 6.07) is 0. The van der Waals surface area contributed by atoms with Crippen LogP contribution in [-0.2, 0) is 0 Å². The van der Waals surface area contributed by atoms with Gasteiger partial charge in [0.05, 0.1) is 11.9 Å². The maximum absolute atomic E-state index is 3.89.